The molecular formula is C13H18N2O4. The molecule has 0 spiro atoms. The standard InChI is InChI=1S/C13H18N2O4/c16-10-6-9(7-11(17)15-10)12(18)14-8-13(19)4-2-1-3-5-13/h6-7,19H,1-5,8H2,(H,14,18)(H2,15,16,17). The molecule has 1 amide bonds. The summed E-state index contributed by atoms with van der Waals surface area (Å²) in [6.45, 7) is 0.166. The molecule has 1 fully saturated rings. The minimum Gasteiger partial charge on any atom is -0.494 e. The van der Waals surface area contributed by atoms with Crippen LogP contribution in [0, 0.1) is 0 Å². The van der Waals surface area contributed by atoms with E-state index in [2.05, 4.69) is 10.3 Å². The largest absolute Gasteiger partial charge is 0.494 e. The zero-order valence-corrected chi connectivity index (χ0v) is 10.6. The Kier molecular flexibility index (Phi) is 3.90. The lowest BCUT2D eigenvalue weighted by molar-refractivity contribution is 0.00525. The SMILES string of the molecule is O=C(NCC1(O)CCCCC1)c1cc(O)[nH]c(=O)c1. The van der Waals surface area contributed by atoms with Crippen molar-refractivity contribution in [3.05, 3.63) is 28.0 Å². The average molecular weight is 266 g/mol. The van der Waals surface area contributed by atoms with E-state index in [4.69, 9.17) is 0 Å². The van der Waals surface area contributed by atoms with E-state index in [9.17, 15) is 19.8 Å². The summed E-state index contributed by atoms with van der Waals surface area (Å²) in [6.07, 6.45) is 4.37. The van der Waals surface area contributed by atoms with Gasteiger partial charge in [0.2, 0.25) is 0 Å². The quantitative estimate of drug-likeness (QED) is 0.640. The van der Waals surface area contributed by atoms with E-state index >= 15 is 0 Å². The number of aromatic nitrogens is 1. The van der Waals surface area contributed by atoms with Crippen molar-refractivity contribution in [2.75, 3.05) is 6.54 Å². The van der Waals surface area contributed by atoms with Gasteiger partial charge in [-0.1, -0.05) is 19.3 Å². The van der Waals surface area contributed by atoms with Crippen LogP contribution in [0.1, 0.15) is 42.5 Å². The van der Waals surface area contributed by atoms with Crippen molar-refractivity contribution in [2.24, 2.45) is 0 Å². The molecule has 1 aliphatic carbocycles. The molecule has 1 heterocycles. The Morgan fingerprint density at radius 3 is 2.63 bits per heavy atom. The number of aliphatic hydroxyl groups is 1. The van der Waals surface area contributed by atoms with Crippen molar-refractivity contribution in [3.63, 3.8) is 0 Å². The minimum atomic E-state index is -0.850. The third-order valence-corrected chi connectivity index (χ3v) is 3.45. The van der Waals surface area contributed by atoms with Crippen LogP contribution in [-0.4, -0.2) is 33.3 Å². The first-order chi connectivity index (χ1) is 8.98. The van der Waals surface area contributed by atoms with Gasteiger partial charge in [-0.3, -0.25) is 14.6 Å². The number of nitrogens with one attached hydrogen (secondary N) is 2. The summed E-state index contributed by atoms with van der Waals surface area (Å²) in [6, 6.07) is 2.29. The highest BCUT2D eigenvalue weighted by atomic mass is 16.3. The monoisotopic (exact) mass is 266 g/mol. The third-order valence-electron chi connectivity index (χ3n) is 3.45. The third kappa shape index (κ3) is 3.57. The summed E-state index contributed by atoms with van der Waals surface area (Å²) in [5, 5.41) is 22.1. The lowest BCUT2D eigenvalue weighted by atomic mass is 9.85. The number of H-pyrrole nitrogens is 1. The summed E-state index contributed by atoms with van der Waals surface area (Å²) >= 11 is 0. The van der Waals surface area contributed by atoms with E-state index < -0.39 is 17.1 Å². The van der Waals surface area contributed by atoms with Crippen LogP contribution in [0.4, 0.5) is 0 Å². The fourth-order valence-corrected chi connectivity index (χ4v) is 2.39. The van der Waals surface area contributed by atoms with Crippen molar-refractivity contribution in [1.82, 2.24) is 10.3 Å². The zero-order valence-electron chi connectivity index (χ0n) is 10.6. The fraction of sp³-hybridized carbons (Fsp3) is 0.538. The first-order valence-electron chi connectivity index (χ1n) is 6.42. The number of hydrogen-bond donors (Lipinski definition) is 4. The van der Waals surface area contributed by atoms with Gasteiger partial charge in [0, 0.05) is 18.7 Å². The molecule has 0 atom stereocenters. The zero-order chi connectivity index (χ0) is 13.9. The molecule has 104 valence electrons. The number of rotatable bonds is 3. The molecular weight excluding hydrogens is 248 g/mol. The second-order valence-electron chi connectivity index (χ2n) is 5.09. The summed E-state index contributed by atoms with van der Waals surface area (Å²) in [5.74, 6) is -0.825. The van der Waals surface area contributed by atoms with Crippen LogP contribution in [0.15, 0.2) is 16.9 Å². The predicted octanol–water partition coefficient (Wildman–Crippen LogP) is 0.505. The van der Waals surface area contributed by atoms with Gasteiger partial charge in [0.25, 0.3) is 11.5 Å². The number of hydrogen-bond acceptors (Lipinski definition) is 4. The number of aromatic hydroxyl groups is 1. The lowest BCUT2D eigenvalue weighted by Crippen LogP contribution is -2.44. The molecule has 0 unspecified atom stereocenters. The first kappa shape index (κ1) is 13.6. The van der Waals surface area contributed by atoms with Gasteiger partial charge in [0.05, 0.1) is 11.2 Å². The van der Waals surface area contributed by atoms with Gasteiger partial charge in [-0.15, -0.1) is 0 Å². The maximum Gasteiger partial charge on any atom is 0.251 e. The van der Waals surface area contributed by atoms with Crippen LogP contribution in [0.2, 0.25) is 0 Å². The van der Waals surface area contributed by atoms with Crippen LogP contribution in [0.25, 0.3) is 0 Å². The predicted molar refractivity (Wildman–Crippen MR) is 69.1 cm³/mol. The van der Waals surface area contributed by atoms with Crippen molar-refractivity contribution < 1.29 is 15.0 Å². The van der Waals surface area contributed by atoms with Crippen LogP contribution in [0.5, 0.6) is 5.88 Å². The Labute approximate surface area is 110 Å². The molecule has 0 radical (unpaired) electrons. The topological polar surface area (TPSA) is 102 Å². The van der Waals surface area contributed by atoms with E-state index in [1.807, 2.05) is 0 Å². The van der Waals surface area contributed by atoms with Crippen molar-refractivity contribution in [3.8, 4) is 5.88 Å². The molecule has 6 heteroatoms. The van der Waals surface area contributed by atoms with Gasteiger partial charge in [0.1, 0.15) is 0 Å². The Morgan fingerprint density at radius 1 is 1.32 bits per heavy atom. The fourth-order valence-electron chi connectivity index (χ4n) is 2.39. The molecule has 0 bridgehead atoms. The number of carbonyl (C=O) groups excluding carboxylic acids is 1. The Balaban J connectivity index is 1.99. The highest BCUT2D eigenvalue weighted by Gasteiger charge is 2.29. The molecule has 19 heavy (non-hydrogen) atoms. The van der Waals surface area contributed by atoms with Crippen molar-refractivity contribution in [2.45, 2.75) is 37.7 Å². The molecule has 4 N–H and O–H groups in total. The normalized spacial score (nSPS) is 17.9. The van der Waals surface area contributed by atoms with Gasteiger partial charge < -0.3 is 15.5 Å². The summed E-state index contributed by atoms with van der Waals surface area (Å²) in [7, 11) is 0. The minimum absolute atomic E-state index is 0.0839. The summed E-state index contributed by atoms with van der Waals surface area (Å²) in [5.41, 5.74) is -1.31. The molecule has 1 aromatic rings. The molecule has 1 aromatic heterocycles. The summed E-state index contributed by atoms with van der Waals surface area (Å²) < 4.78 is 0. The average Bonchev–Trinajstić information content (AvgIpc) is 2.36. The Bertz CT molecular complexity index is 518. The van der Waals surface area contributed by atoms with E-state index in [1.165, 1.54) is 6.07 Å². The van der Waals surface area contributed by atoms with Crippen molar-refractivity contribution >= 4 is 5.91 Å². The van der Waals surface area contributed by atoms with Crippen LogP contribution >= 0.6 is 0 Å². The highest BCUT2D eigenvalue weighted by molar-refractivity contribution is 5.94. The van der Waals surface area contributed by atoms with Crippen LogP contribution in [-0.2, 0) is 0 Å². The van der Waals surface area contributed by atoms with Gasteiger partial charge in [-0.2, -0.15) is 0 Å². The maximum absolute atomic E-state index is 11.8. The van der Waals surface area contributed by atoms with Gasteiger partial charge in [-0.05, 0) is 12.8 Å². The second kappa shape index (κ2) is 5.44. The maximum atomic E-state index is 11.8. The van der Waals surface area contributed by atoms with E-state index in [0.29, 0.717) is 12.8 Å². The summed E-state index contributed by atoms with van der Waals surface area (Å²) in [4.78, 5) is 25.1. The van der Waals surface area contributed by atoms with Crippen LogP contribution < -0.4 is 10.9 Å². The smallest absolute Gasteiger partial charge is 0.251 e. The second-order valence-corrected chi connectivity index (χ2v) is 5.09. The number of amides is 1. The molecule has 0 aromatic carbocycles. The van der Waals surface area contributed by atoms with Gasteiger partial charge >= 0.3 is 0 Å². The molecule has 0 saturated heterocycles. The van der Waals surface area contributed by atoms with Gasteiger partial charge in [-0.25, -0.2) is 0 Å². The molecule has 6 nitrogen and oxygen atoms in total. The molecule has 1 aliphatic rings. The van der Waals surface area contributed by atoms with Crippen molar-refractivity contribution in [1.29, 1.82) is 0 Å². The highest BCUT2D eigenvalue weighted by Crippen LogP contribution is 2.27. The molecule has 1 saturated carbocycles. The lowest BCUT2D eigenvalue weighted by Gasteiger charge is -2.32. The molecule has 0 aliphatic heterocycles. The van der Waals surface area contributed by atoms with E-state index in [-0.39, 0.29) is 18.0 Å². The number of aromatic amines is 1. The van der Waals surface area contributed by atoms with Crippen LogP contribution in [0.3, 0.4) is 0 Å². The number of carbonyl (C=O) groups is 1. The first-order valence-corrected chi connectivity index (χ1v) is 6.42. The van der Waals surface area contributed by atoms with E-state index in [1.54, 1.807) is 0 Å². The molecule has 2 rings (SSSR count). The number of pyridine rings is 1. The Hall–Kier alpha value is -1.82. The van der Waals surface area contributed by atoms with Gasteiger partial charge in [0.15, 0.2) is 5.88 Å². The van der Waals surface area contributed by atoms with E-state index in [0.717, 1.165) is 25.3 Å². The Morgan fingerprint density at radius 2 is 2.00 bits per heavy atom.